The van der Waals surface area contributed by atoms with E-state index in [0.717, 1.165) is 11.4 Å². The van der Waals surface area contributed by atoms with Crippen molar-refractivity contribution < 1.29 is 33.4 Å². The lowest BCUT2D eigenvalue weighted by atomic mass is 10.1. The summed E-state index contributed by atoms with van der Waals surface area (Å²) in [5, 5.41) is 7.00. The minimum atomic E-state index is -0.695. The number of aromatic nitrogens is 2. The number of amides is 1. The first-order chi connectivity index (χ1) is 16.7. The monoisotopic (exact) mass is 479 g/mol. The van der Waals surface area contributed by atoms with Gasteiger partial charge in [0.05, 0.1) is 43.1 Å². The molecule has 0 saturated heterocycles. The molecule has 0 saturated carbocycles. The summed E-state index contributed by atoms with van der Waals surface area (Å²) < 4.78 is 16.2. The summed E-state index contributed by atoms with van der Waals surface area (Å²) in [5.41, 5.74) is 3.30. The van der Waals surface area contributed by atoms with Crippen molar-refractivity contribution in [2.45, 2.75) is 20.3 Å². The van der Waals surface area contributed by atoms with Crippen LogP contribution in [0.3, 0.4) is 0 Å². The topological polar surface area (TPSA) is 126 Å². The number of hydrogen-bond donors (Lipinski definition) is 1. The van der Waals surface area contributed by atoms with Crippen LogP contribution in [-0.2, 0) is 30.2 Å². The second kappa shape index (κ2) is 11.1. The van der Waals surface area contributed by atoms with Crippen LogP contribution in [0, 0.1) is 13.8 Å². The Hall–Kier alpha value is -4.47. The number of ether oxygens (including phenoxy) is 3. The fourth-order valence-corrected chi connectivity index (χ4v) is 3.46. The average Bonchev–Trinajstić information content (AvgIpc) is 3.15. The van der Waals surface area contributed by atoms with Crippen LogP contribution in [0.15, 0.2) is 48.5 Å². The van der Waals surface area contributed by atoms with Crippen molar-refractivity contribution in [1.82, 2.24) is 9.78 Å². The third kappa shape index (κ3) is 6.11. The molecule has 1 aromatic heterocycles. The van der Waals surface area contributed by atoms with E-state index in [9.17, 15) is 19.2 Å². The molecule has 0 spiro atoms. The van der Waals surface area contributed by atoms with Crippen molar-refractivity contribution in [3.05, 3.63) is 76.6 Å². The molecule has 182 valence electrons. The summed E-state index contributed by atoms with van der Waals surface area (Å²) in [6, 6.07) is 13.5. The van der Waals surface area contributed by atoms with Crippen LogP contribution < -0.4 is 5.32 Å². The summed E-state index contributed by atoms with van der Waals surface area (Å²) in [6.45, 7) is 3.10. The Morgan fingerprint density at radius 2 is 1.51 bits per heavy atom. The number of carbonyl (C=O) groups excluding carboxylic acids is 4. The molecule has 0 bridgehead atoms. The zero-order valence-electron chi connectivity index (χ0n) is 19.8. The largest absolute Gasteiger partial charge is 0.465 e. The Balaban J connectivity index is 1.65. The number of nitrogens with one attached hydrogen (secondary N) is 1. The van der Waals surface area contributed by atoms with E-state index in [1.165, 1.54) is 32.4 Å². The maximum atomic E-state index is 12.4. The van der Waals surface area contributed by atoms with E-state index in [4.69, 9.17) is 4.74 Å². The number of para-hydroxylation sites is 1. The van der Waals surface area contributed by atoms with E-state index in [0.29, 0.717) is 11.3 Å². The van der Waals surface area contributed by atoms with Crippen LogP contribution in [0.5, 0.6) is 0 Å². The fraction of sp³-hybridized carbons (Fsp3) is 0.240. The highest BCUT2D eigenvalue weighted by Crippen LogP contribution is 2.19. The van der Waals surface area contributed by atoms with Crippen LogP contribution >= 0.6 is 0 Å². The summed E-state index contributed by atoms with van der Waals surface area (Å²) >= 11 is 0. The Kier molecular flexibility index (Phi) is 7.98. The first-order valence-electron chi connectivity index (χ1n) is 10.6. The van der Waals surface area contributed by atoms with E-state index in [2.05, 4.69) is 19.9 Å². The first kappa shape index (κ1) is 25.2. The molecule has 0 aliphatic heterocycles. The second-order valence-corrected chi connectivity index (χ2v) is 7.56. The Morgan fingerprint density at radius 1 is 0.914 bits per heavy atom. The van der Waals surface area contributed by atoms with Gasteiger partial charge in [-0.2, -0.15) is 5.10 Å². The number of carbonyl (C=O) groups is 4. The fourth-order valence-electron chi connectivity index (χ4n) is 3.46. The van der Waals surface area contributed by atoms with Crippen LogP contribution in [0.1, 0.15) is 37.7 Å². The molecular formula is C25H25N3O7. The van der Waals surface area contributed by atoms with Crippen LogP contribution in [-0.4, -0.2) is 54.4 Å². The lowest BCUT2D eigenvalue weighted by Gasteiger charge is -2.10. The molecular weight excluding hydrogens is 454 g/mol. The van der Waals surface area contributed by atoms with E-state index < -0.39 is 30.4 Å². The zero-order chi connectivity index (χ0) is 25.5. The van der Waals surface area contributed by atoms with E-state index in [1.807, 2.05) is 37.3 Å². The molecule has 35 heavy (non-hydrogen) atoms. The number of esters is 3. The average molecular weight is 479 g/mol. The summed E-state index contributed by atoms with van der Waals surface area (Å²) in [7, 11) is 2.38. The van der Waals surface area contributed by atoms with E-state index >= 15 is 0 Å². The van der Waals surface area contributed by atoms with Crippen molar-refractivity contribution in [1.29, 1.82) is 0 Å². The van der Waals surface area contributed by atoms with Gasteiger partial charge in [0.15, 0.2) is 6.61 Å². The van der Waals surface area contributed by atoms with E-state index in [1.54, 1.807) is 11.6 Å². The SMILES string of the molecule is COC(=O)c1cc(NC(=O)COC(=O)Cc2c(C)nn(-c3ccccc3)c2C)cc(C(=O)OC)c1. The predicted molar refractivity (Wildman–Crippen MR) is 125 cm³/mol. The smallest absolute Gasteiger partial charge is 0.337 e. The molecule has 10 heteroatoms. The lowest BCUT2D eigenvalue weighted by molar-refractivity contribution is -0.146. The second-order valence-electron chi connectivity index (χ2n) is 7.56. The number of aryl methyl sites for hydroxylation is 1. The number of hydrogen-bond acceptors (Lipinski definition) is 8. The van der Waals surface area contributed by atoms with Crippen molar-refractivity contribution in [2.24, 2.45) is 0 Å². The minimum absolute atomic E-state index is 0.0454. The standard InChI is InChI=1S/C25H25N3O7/c1-15-21(16(2)28(27-15)20-8-6-5-7-9-20)13-23(30)35-14-22(29)26-19-11-17(24(31)33-3)10-18(12-19)25(32)34-4/h5-12H,13-14H2,1-4H3,(H,26,29). The van der Waals surface area contributed by atoms with Gasteiger partial charge in [0, 0.05) is 16.9 Å². The van der Waals surface area contributed by atoms with Gasteiger partial charge in [0.1, 0.15) is 0 Å². The molecule has 0 aliphatic carbocycles. The highest BCUT2D eigenvalue weighted by molar-refractivity contribution is 6.00. The van der Waals surface area contributed by atoms with E-state index in [-0.39, 0.29) is 23.2 Å². The number of anilines is 1. The maximum absolute atomic E-state index is 12.4. The van der Waals surface area contributed by atoms with Gasteiger partial charge in [0.2, 0.25) is 0 Å². The highest BCUT2D eigenvalue weighted by atomic mass is 16.5. The third-order valence-electron chi connectivity index (χ3n) is 5.19. The lowest BCUT2D eigenvalue weighted by Crippen LogP contribution is -2.22. The van der Waals surface area contributed by atoms with Crippen molar-refractivity contribution in [3.8, 4) is 5.69 Å². The van der Waals surface area contributed by atoms with Gasteiger partial charge >= 0.3 is 17.9 Å². The molecule has 1 amide bonds. The summed E-state index contributed by atoms with van der Waals surface area (Å²) in [4.78, 5) is 48.6. The number of methoxy groups -OCH3 is 2. The van der Waals surface area contributed by atoms with Gasteiger partial charge in [-0.15, -0.1) is 0 Å². The molecule has 0 unspecified atom stereocenters. The Bertz CT molecular complexity index is 1230. The van der Waals surface area contributed by atoms with Crippen LogP contribution in [0.4, 0.5) is 5.69 Å². The quantitative estimate of drug-likeness (QED) is 0.386. The summed E-state index contributed by atoms with van der Waals surface area (Å²) in [6.07, 6.45) is -0.0535. The Labute approximate surface area is 201 Å². The molecule has 0 fully saturated rings. The van der Waals surface area contributed by atoms with Gasteiger partial charge in [-0.1, -0.05) is 18.2 Å². The van der Waals surface area contributed by atoms with Gasteiger partial charge in [-0.25, -0.2) is 14.3 Å². The van der Waals surface area contributed by atoms with Crippen LogP contribution in [0.2, 0.25) is 0 Å². The molecule has 2 aromatic carbocycles. The first-order valence-corrected chi connectivity index (χ1v) is 10.6. The van der Waals surface area contributed by atoms with Gasteiger partial charge < -0.3 is 19.5 Å². The predicted octanol–water partition coefficient (Wildman–Crippen LogP) is 2.79. The van der Waals surface area contributed by atoms with Gasteiger partial charge in [-0.05, 0) is 44.2 Å². The Morgan fingerprint density at radius 3 is 2.09 bits per heavy atom. The van der Waals surface area contributed by atoms with Crippen molar-refractivity contribution in [2.75, 3.05) is 26.1 Å². The molecule has 10 nitrogen and oxygen atoms in total. The number of nitrogens with zero attached hydrogens (tertiary/aromatic N) is 2. The number of rotatable bonds is 8. The summed E-state index contributed by atoms with van der Waals surface area (Å²) in [5.74, 6) is -2.64. The van der Waals surface area contributed by atoms with Gasteiger partial charge in [-0.3, -0.25) is 9.59 Å². The normalized spacial score (nSPS) is 10.4. The van der Waals surface area contributed by atoms with Crippen molar-refractivity contribution in [3.63, 3.8) is 0 Å². The molecule has 1 N–H and O–H groups in total. The molecule has 0 atom stereocenters. The third-order valence-corrected chi connectivity index (χ3v) is 5.19. The molecule has 1 heterocycles. The molecule has 3 rings (SSSR count). The maximum Gasteiger partial charge on any atom is 0.337 e. The minimum Gasteiger partial charge on any atom is -0.465 e. The highest BCUT2D eigenvalue weighted by Gasteiger charge is 2.19. The zero-order valence-corrected chi connectivity index (χ0v) is 19.8. The number of benzene rings is 2. The van der Waals surface area contributed by atoms with Crippen LogP contribution in [0.25, 0.3) is 5.69 Å². The van der Waals surface area contributed by atoms with Gasteiger partial charge in [0.25, 0.3) is 5.91 Å². The molecule has 0 radical (unpaired) electrons. The van der Waals surface area contributed by atoms with Crippen molar-refractivity contribution >= 4 is 29.5 Å². The molecule has 3 aromatic rings. The molecule has 0 aliphatic rings.